The van der Waals surface area contributed by atoms with E-state index in [-0.39, 0.29) is 30.1 Å². The minimum absolute atomic E-state index is 0.0109. The van der Waals surface area contributed by atoms with Crippen LogP contribution < -0.4 is 0 Å². The van der Waals surface area contributed by atoms with Crippen LogP contribution in [0, 0.1) is 5.41 Å². The summed E-state index contributed by atoms with van der Waals surface area (Å²) in [6.07, 6.45) is -0.141. The number of aldehydes is 1. The van der Waals surface area contributed by atoms with Crippen molar-refractivity contribution < 1.29 is 19.1 Å². The molecule has 0 aromatic carbocycles. The average molecular weight is 225 g/mol. The highest BCUT2D eigenvalue weighted by Gasteiger charge is 2.62. The van der Waals surface area contributed by atoms with E-state index in [4.69, 9.17) is 4.74 Å². The van der Waals surface area contributed by atoms with E-state index in [0.29, 0.717) is 6.29 Å². The Balaban J connectivity index is 2.44. The van der Waals surface area contributed by atoms with Gasteiger partial charge in [-0.1, -0.05) is 20.8 Å². The van der Waals surface area contributed by atoms with Crippen LogP contribution in [0.15, 0.2) is 0 Å². The molecule has 0 saturated carbocycles. The molecular formula is C11H15NO4. The molecule has 88 valence electrons. The third-order valence-electron chi connectivity index (χ3n) is 3.12. The maximum absolute atomic E-state index is 11.8. The van der Waals surface area contributed by atoms with E-state index < -0.39 is 11.8 Å². The van der Waals surface area contributed by atoms with Gasteiger partial charge in [-0.3, -0.25) is 14.5 Å². The summed E-state index contributed by atoms with van der Waals surface area (Å²) in [5, 5.41) is 0. The summed E-state index contributed by atoms with van der Waals surface area (Å²) < 4.78 is 5.47. The highest BCUT2D eigenvalue weighted by molar-refractivity contribution is 6.18. The predicted molar refractivity (Wildman–Crippen MR) is 54.5 cm³/mol. The van der Waals surface area contributed by atoms with Gasteiger partial charge in [-0.25, -0.2) is 0 Å². The Morgan fingerprint density at radius 2 is 2.06 bits per heavy atom. The smallest absolute Gasteiger partial charge is 0.233 e. The van der Waals surface area contributed by atoms with Gasteiger partial charge in [0.05, 0.1) is 13.0 Å². The Kier molecular flexibility index (Phi) is 2.21. The van der Waals surface area contributed by atoms with Crippen molar-refractivity contribution in [3.8, 4) is 0 Å². The van der Waals surface area contributed by atoms with Crippen molar-refractivity contribution in [3.05, 3.63) is 0 Å². The summed E-state index contributed by atoms with van der Waals surface area (Å²) >= 11 is 0. The standard InChI is InChI=1S/C11H15NO4/c1-10(2,3)9-12-8(15)4-7(14)11(12,5-13)6-16-9/h5,9H,4,6H2,1-3H3/t9-,11-/m1/s1. The van der Waals surface area contributed by atoms with Gasteiger partial charge in [0.2, 0.25) is 5.91 Å². The van der Waals surface area contributed by atoms with E-state index in [1.54, 1.807) is 0 Å². The number of hydrogen-bond donors (Lipinski definition) is 0. The van der Waals surface area contributed by atoms with E-state index >= 15 is 0 Å². The molecule has 0 aliphatic carbocycles. The first-order valence-corrected chi connectivity index (χ1v) is 5.26. The number of carbonyl (C=O) groups is 3. The molecule has 16 heavy (non-hydrogen) atoms. The van der Waals surface area contributed by atoms with Gasteiger partial charge in [-0.05, 0) is 0 Å². The van der Waals surface area contributed by atoms with E-state index in [0.717, 1.165) is 0 Å². The van der Waals surface area contributed by atoms with Gasteiger partial charge in [0.15, 0.2) is 17.6 Å². The maximum Gasteiger partial charge on any atom is 0.233 e. The third-order valence-corrected chi connectivity index (χ3v) is 3.12. The molecule has 2 saturated heterocycles. The Hall–Kier alpha value is -1.23. The Labute approximate surface area is 93.7 Å². The topological polar surface area (TPSA) is 63.7 Å². The summed E-state index contributed by atoms with van der Waals surface area (Å²) in [7, 11) is 0. The lowest BCUT2D eigenvalue weighted by Gasteiger charge is -2.34. The van der Waals surface area contributed by atoms with Crippen LogP contribution in [-0.2, 0) is 19.1 Å². The van der Waals surface area contributed by atoms with Crippen LogP contribution >= 0.6 is 0 Å². The summed E-state index contributed by atoms with van der Waals surface area (Å²) in [4.78, 5) is 35.9. The number of ketones is 1. The van der Waals surface area contributed by atoms with Crippen LogP contribution in [0.3, 0.4) is 0 Å². The van der Waals surface area contributed by atoms with Crippen molar-refractivity contribution in [1.82, 2.24) is 4.90 Å². The molecule has 0 spiro atoms. The number of amides is 1. The normalized spacial score (nSPS) is 34.4. The second kappa shape index (κ2) is 3.13. The lowest BCUT2D eigenvalue weighted by molar-refractivity contribution is -0.144. The van der Waals surface area contributed by atoms with Crippen LogP contribution in [0.4, 0.5) is 0 Å². The minimum Gasteiger partial charge on any atom is -0.354 e. The summed E-state index contributed by atoms with van der Waals surface area (Å²) in [5.74, 6) is -0.659. The second-order valence-corrected chi connectivity index (χ2v) is 5.44. The van der Waals surface area contributed by atoms with Crippen LogP contribution in [0.1, 0.15) is 27.2 Å². The number of rotatable bonds is 1. The van der Waals surface area contributed by atoms with Gasteiger partial charge in [0, 0.05) is 5.41 Å². The van der Waals surface area contributed by atoms with Gasteiger partial charge < -0.3 is 9.53 Å². The largest absolute Gasteiger partial charge is 0.354 e. The van der Waals surface area contributed by atoms with Crippen LogP contribution in [0.5, 0.6) is 0 Å². The number of nitrogens with zero attached hydrogens (tertiary/aromatic N) is 1. The lowest BCUT2D eigenvalue weighted by atomic mass is 9.92. The SMILES string of the molecule is CC(C)(C)[C@H]1OC[C@]2(C=O)C(=O)CC(=O)N12. The van der Waals surface area contributed by atoms with Gasteiger partial charge in [-0.2, -0.15) is 0 Å². The number of carbonyl (C=O) groups excluding carboxylic acids is 3. The lowest BCUT2D eigenvalue weighted by Crippen LogP contribution is -2.53. The number of Topliss-reactive ketones (excluding diaryl/α,β-unsaturated/α-hetero) is 1. The Morgan fingerprint density at radius 1 is 1.44 bits per heavy atom. The molecule has 2 aliphatic heterocycles. The van der Waals surface area contributed by atoms with Crippen LogP contribution in [-0.4, -0.2) is 41.3 Å². The molecule has 2 heterocycles. The quantitative estimate of drug-likeness (QED) is 0.470. The average Bonchev–Trinajstić information content (AvgIpc) is 2.65. The fraction of sp³-hybridized carbons (Fsp3) is 0.727. The molecule has 0 aromatic rings. The molecule has 2 atom stereocenters. The molecule has 0 aromatic heterocycles. The molecular weight excluding hydrogens is 210 g/mol. The minimum atomic E-state index is -1.35. The third kappa shape index (κ3) is 1.24. The molecule has 0 N–H and O–H groups in total. The highest BCUT2D eigenvalue weighted by Crippen LogP contribution is 2.40. The molecule has 1 amide bonds. The van der Waals surface area contributed by atoms with Crippen LogP contribution in [0.2, 0.25) is 0 Å². The summed E-state index contributed by atoms with van der Waals surface area (Å²) in [6.45, 7) is 5.72. The van der Waals surface area contributed by atoms with Crippen molar-refractivity contribution in [2.45, 2.75) is 39.0 Å². The van der Waals surface area contributed by atoms with Gasteiger partial charge in [0.25, 0.3) is 0 Å². The Morgan fingerprint density at radius 3 is 2.56 bits per heavy atom. The summed E-state index contributed by atoms with van der Waals surface area (Å²) in [6, 6.07) is 0. The monoisotopic (exact) mass is 225 g/mol. The van der Waals surface area contributed by atoms with Crippen molar-refractivity contribution in [1.29, 1.82) is 0 Å². The molecule has 0 bridgehead atoms. The zero-order valence-electron chi connectivity index (χ0n) is 9.65. The van der Waals surface area contributed by atoms with Crippen molar-refractivity contribution in [2.75, 3.05) is 6.61 Å². The Bertz CT molecular complexity index is 371. The van der Waals surface area contributed by atoms with E-state index in [1.165, 1.54) is 4.90 Å². The first-order chi connectivity index (χ1) is 7.33. The van der Waals surface area contributed by atoms with E-state index in [2.05, 4.69) is 0 Å². The van der Waals surface area contributed by atoms with Crippen molar-refractivity contribution >= 4 is 18.0 Å². The maximum atomic E-state index is 11.8. The van der Waals surface area contributed by atoms with E-state index in [9.17, 15) is 14.4 Å². The number of hydrogen-bond acceptors (Lipinski definition) is 4. The molecule has 2 fully saturated rings. The second-order valence-electron chi connectivity index (χ2n) is 5.44. The molecule has 5 heteroatoms. The van der Waals surface area contributed by atoms with Gasteiger partial charge in [0.1, 0.15) is 6.23 Å². The van der Waals surface area contributed by atoms with Crippen molar-refractivity contribution in [2.24, 2.45) is 5.41 Å². The fourth-order valence-electron chi connectivity index (χ4n) is 2.30. The van der Waals surface area contributed by atoms with Gasteiger partial charge >= 0.3 is 0 Å². The fourth-order valence-corrected chi connectivity index (χ4v) is 2.30. The first-order valence-electron chi connectivity index (χ1n) is 5.26. The number of ether oxygens (including phenoxy) is 1. The molecule has 0 unspecified atom stereocenters. The first kappa shape index (κ1) is 11.3. The predicted octanol–water partition coefficient (Wildman–Crippen LogP) is 0.128. The van der Waals surface area contributed by atoms with Crippen LogP contribution in [0.25, 0.3) is 0 Å². The zero-order chi connectivity index (χ0) is 12.1. The molecule has 5 nitrogen and oxygen atoms in total. The number of fused-ring (bicyclic) bond motifs is 1. The van der Waals surface area contributed by atoms with Crippen molar-refractivity contribution in [3.63, 3.8) is 0 Å². The molecule has 2 rings (SSSR count). The zero-order valence-corrected chi connectivity index (χ0v) is 9.65. The van der Waals surface area contributed by atoms with E-state index in [1.807, 2.05) is 20.8 Å². The van der Waals surface area contributed by atoms with Gasteiger partial charge in [-0.15, -0.1) is 0 Å². The molecule has 0 radical (unpaired) electrons. The summed E-state index contributed by atoms with van der Waals surface area (Å²) in [5.41, 5.74) is -1.67. The molecule has 2 aliphatic rings. The highest BCUT2D eigenvalue weighted by atomic mass is 16.5.